The summed E-state index contributed by atoms with van der Waals surface area (Å²) in [5.74, 6) is 1.01. The molecule has 18 heavy (non-hydrogen) atoms. The Morgan fingerprint density at radius 1 is 1.44 bits per heavy atom. The van der Waals surface area contributed by atoms with Gasteiger partial charge in [0.15, 0.2) is 0 Å². The Bertz CT molecular complexity index is 367. The smallest absolute Gasteiger partial charge is 0.124 e. The van der Waals surface area contributed by atoms with E-state index in [0.717, 1.165) is 38.0 Å². The van der Waals surface area contributed by atoms with Crippen LogP contribution in [0.2, 0.25) is 0 Å². The van der Waals surface area contributed by atoms with E-state index in [4.69, 9.17) is 9.84 Å². The van der Waals surface area contributed by atoms with Crippen molar-refractivity contribution in [1.82, 2.24) is 5.32 Å². The minimum Gasteiger partial charge on any atom is -0.493 e. The summed E-state index contributed by atoms with van der Waals surface area (Å²) in [6.07, 6.45) is 4.02. The minimum absolute atomic E-state index is 0.246. The molecule has 1 aliphatic rings. The van der Waals surface area contributed by atoms with E-state index in [0.29, 0.717) is 12.1 Å². The number of nitrogens with one attached hydrogen (secondary N) is 1. The third-order valence-electron chi connectivity index (χ3n) is 3.60. The van der Waals surface area contributed by atoms with Crippen LogP contribution in [0.4, 0.5) is 0 Å². The van der Waals surface area contributed by atoms with Crippen LogP contribution >= 0.6 is 0 Å². The first-order chi connectivity index (χ1) is 8.85. The lowest BCUT2D eigenvalue weighted by Gasteiger charge is -2.24. The maximum atomic E-state index is 9.08. The maximum absolute atomic E-state index is 9.08. The molecule has 3 heteroatoms. The van der Waals surface area contributed by atoms with Crippen molar-refractivity contribution in [3.05, 3.63) is 29.8 Å². The highest BCUT2D eigenvalue weighted by molar-refractivity contribution is 5.36. The molecule has 2 N–H and O–H groups in total. The van der Waals surface area contributed by atoms with Crippen molar-refractivity contribution in [2.75, 3.05) is 13.2 Å². The van der Waals surface area contributed by atoms with Gasteiger partial charge in [-0.25, -0.2) is 0 Å². The Labute approximate surface area is 109 Å². The van der Waals surface area contributed by atoms with E-state index >= 15 is 0 Å². The molecule has 0 saturated heterocycles. The van der Waals surface area contributed by atoms with Crippen LogP contribution in [0.3, 0.4) is 0 Å². The first-order valence-corrected chi connectivity index (χ1v) is 6.93. The van der Waals surface area contributed by atoms with Crippen LogP contribution in [0.25, 0.3) is 0 Å². The van der Waals surface area contributed by atoms with E-state index in [1.165, 1.54) is 5.56 Å². The minimum atomic E-state index is 0.246. The van der Waals surface area contributed by atoms with Crippen LogP contribution < -0.4 is 10.1 Å². The molecule has 0 aliphatic carbocycles. The van der Waals surface area contributed by atoms with Gasteiger partial charge in [-0.15, -0.1) is 0 Å². The average molecular weight is 249 g/mol. The molecule has 2 atom stereocenters. The highest BCUT2D eigenvalue weighted by Crippen LogP contribution is 2.31. The molecule has 0 aromatic heterocycles. The predicted octanol–water partition coefficient (Wildman–Crippen LogP) is 2.65. The van der Waals surface area contributed by atoms with Gasteiger partial charge in [-0.05, 0) is 31.7 Å². The second-order valence-electron chi connectivity index (χ2n) is 4.87. The summed E-state index contributed by atoms with van der Waals surface area (Å²) in [5, 5.41) is 12.7. The van der Waals surface area contributed by atoms with E-state index in [-0.39, 0.29) is 6.61 Å². The topological polar surface area (TPSA) is 41.5 Å². The van der Waals surface area contributed by atoms with Crippen LogP contribution in [0.15, 0.2) is 24.3 Å². The molecule has 0 saturated carbocycles. The predicted molar refractivity (Wildman–Crippen MR) is 72.8 cm³/mol. The monoisotopic (exact) mass is 249 g/mol. The molecule has 0 bridgehead atoms. The number of fused-ring (bicyclic) bond motifs is 1. The van der Waals surface area contributed by atoms with Crippen molar-refractivity contribution in [1.29, 1.82) is 0 Å². The van der Waals surface area contributed by atoms with Crippen molar-refractivity contribution in [2.24, 2.45) is 0 Å². The summed E-state index contributed by atoms with van der Waals surface area (Å²) in [4.78, 5) is 0. The van der Waals surface area contributed by atoms with Gasteiger partial charge in [-0.2, -0.15) is 0 Å². The summed E-state index contributed by atoms with van der Waals surface area (Å²) in [7, 11) is 0. The lowest BCUT2D eigenvalue weighted by Crippen LogP contribution is -2.33. The summed E-state index contributed by atoms with van der Waals surface area (Å²) in [6.45, 7) is 3.20. The highest BCUT2D eigenvalue weighted by atomic mass is 16.5. The zero-order valence-electron chi connectivity index (χ0n) is 11.1. The first kappa shape index (κ1) is 13.4. The first-order valence-electron chi connectivity index (χ1n) is 6.93. The fourth-order valence-corrected chi connectivity index (χ4v) is 2.54. The van der Waals surface area contributed by atoms with E-state index < -0.39 is 0 Å². The van der Waals surface area contributed by atoms with Gasteiger partial charge < -0.3 is 15.2 Å². The molecule has 0 amide bonds. The Morgan fingerprint density at radius 2 is 2.28 bits per heavy atom. The van der Waals surface area contributed by atoms with E-state index in [1.54, 1.807) is 0 Å². The zero-order chi connectivity index (χ0) is 12.8. The molecule has 1 aromatic carbocycles. The number of hydrogen-bond acceptors (Lipinski definition) is 3. The standard InChI is InChI=1S/C15H23NO2/c1-2-12(9-10-17)16-14-7-5-11-18-15-8-4-3-6-13(14)15/h3-4,6,8,12,14,16-17H,2,5,7,9-11H2,1H3. The molecule has 100 valence electrons. The molecule has 0 spiro atoms. The normalized spacial score (nSPS) is 20.7. The summed E-state index contributed by atoms with van der Waals surface area (Å²) < 4.78 is 5.76. The van der Waals surface area contributed by atoms with Crippen LogP contribution in [-0.2, 0) is 0 Å². The molecule has 2 rings (SSSR count). The number of ether oxygens (including phenoxy) is 1. The zero-order valence-corrected chi connectivity index (χ0v) is 11.1. The lowest BCUT2D eigenvalue weighted by molar-refractivity contribution is 0.253. The molecule has 1 aromatic rings. The third-order valence-corrected chi connectivity index (χ3v) is 3.60. The fourth-order valence-electron chi connectivity index (χ4n) is 2.54. The number of benzene rings is 1. The van der Waals surface area contributed by atoms with Gasteiger partial charge in [0.25, 0.3) is 0 Å². The highest BCUT2D eigenvalue weighted by Gasteiger charge is 2.21. The molecular formula is C15H23NO2. The lowest BCUT2D eigenvalue weighted by atomic mass is 10.00. The fraction of sp³-hybridized carbons (Fsp3) is 0.600. The number of aliphatic hydroxyl groups excluding tert-OH is 1. The quantitative estimate of drug-likeness (QED) is 0.843. The van der Waals surface area contributed by atoms with Crippen LogP contribution in [0.1, 0.15) is 44.2 Å². The number of para-hydroxylation sites is 1. The molecule has 0 fully saturated rings. The van der Waals surface area contributed by atoms with Gasteiger partial charge >= 0.3 is 0 Å². The van der Waals surface area contributed by atoms with Crippen molar-refractivity contribution in [3.8, 4) is 5.75 Å². The van der Waals surface area contributed by atoms with E-state index in [2.05, 4.69) is 24.4 Å². The maximum Gasteiger partial charge on any atom is 0.124 e. The Kier molecular flexibility index (Phi) is 5.02. The molecule has 3 nitrogen and oxygen atoms in total. The molecule has 1 aliphatic heterocycles. The van der Waals surface area contributed by atoms with Gasteiger partial charge in [-0.3, -0.25) is 0 Å². The largest absolute Gasteiger partial charge is 0.493 e. The SMILES string of the molecule is CCC(CCO)NC1CCCOc2ccccc21. The molecule has 2 unspecified atom stereocenters. The summed E-state index contributed by atoms with van der Waals surface area (Å²) in [6, 6.07) is 9.00. The summed E-state index contributed by atoms with van der Waals surface area (Å²) >= 11 is 0. The van der Waals surface area contributed by atoms with E-state index in [9.17, 15) is 0 Å². The van der Waals surface area contributed by atoms with Gasteiger partial charge in [0.05, 0.1) is 6.61 Å². The van der Waals surface area contributed by atoms with Crippen molar-refractivity contribution >= 4 is 0 Å². The van der Waals surface area contributed by atoms with Gasteiger partial charge in [0.2, 0.25) is 0 Å². The second-order valence-corrected chi connectivity index (χ2v) is 4.87. The van der Waals surface area contributed by atoms with E-state index in [1.807, 2.05) is 12.1 Å². The summed E-state index contributed by atoms with van der Waals surface area (Å²) in [5.41, 5.74) is 1.26. The van der Waals surface area contributed by atoms with Crippen molar-refractivity contribution < 1.29 is 9.84 Å². The number of rotatable bonds is 5. The van der Waals surface area contributed by atoms with Crippen LogP contribution in [0.5, 0.6) is 5.75 Å². The van der Waals surface area contributed by atoms with Crippen molar-refractivity contribution in [3.63, 3.8) is 0 Å². The number of hydrogen-bond donors (Lipinski definition) is 2. The van der Waals surface area contributed by atoms with Crippen LogP contribution in [0, 0.1) is 0 Å². The Morgan fingerprint density at radius 3 is 3.06 bits per heavy atom. The molecular weight excluding hydrogens is 226 g/mol. The van der Waals surface area contributed by atoms with Crippen LogP contribution in [-0.4, -0.2) is 24.4 Å². The van der Waals surface area contributed by atoms with Gasteiger partial charge in [0, 0.05) is 24.3 Å². The van der Waals surface area contributed by atoms with Gasteiger partial charge in [0.1, 0.15) is 5.75 Å². The molecule has 1 heterocycles. The van der Waals surface area contributed by atoms with Gasteiger partial charge in [-0.1, -0.05) is 25.1 Å². The average Bonchev–Trinajstić information content (AvgIpc) is 2.61. The third kappa shape index (κ3) is 3.24. The molecule has 0 radical (unpaired) electrons. The number of aliphatic hydroxyl groups is 1. The van der Waals surface area contributed by atoms with Crippen molar-refractivity contribution in [2.45, 2.75) is 44.7 Å². The Hall–Kier alpha value is -1.06. The second kappa shape index (κ2) is 6.76. The Balaban J connectivity index is 2.12.